The number of carboxylic acids is 1. The molecule has 1 saturated heterocycles. The first-order valence-corrected chi connectivity index (χ1v) is 12.6. The standard InChI is InChI=1S/C31H34N2O4.H2S/c1-3-4-27(21-31(34)35)26-9-13-30(14-10-26)37-23-25-7-5-24(6-8-25)22-32-17-19-33(20-18-32)28-11-15-29(36-2)16-12-28;/h5-16,27H,17-23H2,1-2H3,(H,34,35);1H2/t27-;/m0./s1. The molecule has 0 amide bonds. The summed E-state index contributed by atoms with van der Waals surface area (Å²) in [7, 11) is 1.69. The minimum Gasteiger partial charge on any atom is -0.497 e. The summed E-state index contributed by atoms with van der Waals surface area (Å²) in [5, 5.41) is 9.12. The largest absolute Gasteiger partial charge is 0.497 e. The Bertz CT molecular complexity index is 1210. The highest BCUT2D eigenvalue weighted by Crippen LogP contribution is 2.23. The van der Waals surface area contributed by atoms with Crippen molar-refractivity contribution in [3.05, 3.63) is 89.5 Å². The SMILES string of the molecule is CC#C[C@@H](CC(=O)O)c1ccc(OCc2ccc(CN3CCN(c4ccc(OC)cc4)CC3)cc2)cc1.S. The molecule has 7 heteroatoms. The van der Waals surface area contributed by atoms with Crippen LogP contribution in [0.25, 0.3) is 0 Å². The molecule has 1 aliphatic rings. The Morgan fingerprint density at radius 2 is 1.50 bits per heavy atom. The van der Waals surface area contributed by atoms with E-state index in [0.29, 0.717) is 6.61 Å². The predicted molar refractivity (Wildman–Crippen MR) is 157 cm³/mol. The van der Waals surface area contributed by atoms with Crippen LogP contribution >= 0.6 is 13.5 Å². The van der Waals surface area contributed by atoms with E-state index in [4.69, 9.17) is 14.6 Å². The normalized spacial score (nSPS) is 14.0. The van der Waals surface area contributed by atoms with Gasteiger partial charge in [-0.15, -0.1) is 5.92 Å². The van der Waals surface area contributed by atoms with Gasteiger partial charge in [0.15, 0.2) is 0 Å². The lowest BCUT2D eigenvalue weighted by Gasteiger charge is -2.36. The van der Waals surface area contributed by atoms with E-state index in [9.17, 15) is 4.79 Å². The van der Waals surface area contributed by atoms with E-state index in [-0.39, 0.29) is 25.8 Å². The molecule has 0 saturated carbocycles. The summed E-state index contributed by atoms with van der Waals surface area (Å²) >= 11 is 0. The lowest BCUT2D eigenvalue weighted by atomic mass is 9.96. The molecule has 0 aliphatic carbocycles. The maximum Gasteiger partial charge on any atom is 0.304 e. The van der Waals surface area contributed by atoms with Crippen LogP contribution in [-0.4, -0.2) is 49.3 Å². The van der Waals surface area contributed by atoms with Gasteiger partial charge >= 0.3 is 5.97 Å². The Morgan fingerprint density at radius 3 is 2.08 bits per heavy atom. The molecule has 1 atom stereocenters. The van der Waals surface area contributed by atoms with Crippen LogP contribution in [0.15, 0.2) is 72.8 Å². The van der Waals surface area contributed by atoms with Crippen LogP contribution in [0.3, 0.4) is 0 Å². The fourth-order valence-electron chi connectivity index (χ4n) is 4.52. The number of aliphatic carboxylic acids is 1. The van der Waals surface area contributed by atoms with Crippen molar-refractivity contribution >= 4 is 25.2 Å². The van der Waals surface area contributed by atoms with Crippen molar-refractivity contribution in [2.75, 3.05) is 38.2 Å². The number of piperazine rings is 1. The van der Waals surface area contributed by atoms with Crippen LogP contribution in [0.5, 0.6) is 11.5 Å². The van der Waals surface area contributed by atoms with Crippen LogP contribution in [0.2, 0.25) is 0 Å². The molecular formula is C31H36N2O4S. The Balaban J connectivity index is 0.00000400. The zero-order valence-electron chi connectivity index (χ0n) is 22.0. The molecule has 3 aromatic carbocycles. The molecule has 200 valence electrons. The van der Waals surface area contributed by atoms with Crippen molar-refractivity contribution in [2.24, 2.45) is 0 Å². The zero-order valence-corrected chi connectivity index (χ0v) is 23.0. The van der Waals surface area contributed by atoms with Gasteiger partial charge < -0.3 is 19.5 Å². The summed E-state index contributed by atoms with van der Waals surface area (Å²) in [5.41, 5.74) is 4.54. The van der Waals surface area contributed by atoms with Crippen molar-refractivity contribution in [2.45, 2.75) is 32.4 Å². The van der Waals surface area contributed by atoms with Crippen LogP contribution < -0.4 is 14.4 Å². The summed E-state index contributed by atoms with van der Waals surface area (Å²) in [4.78, 5) is 16.0. The van der Waals surface area contributed by atoms with Crippen molar-refractivity contribution in [3.8, 4) is 23.3 Å². The summed E-state index contributed by atoms with van der Waals surface area (Å²) in [5.74, 6) is 6.27. The topological polar surface area (TPSA) is 62.2 Å². The van der Waals surface area contributed by atoms with Gasteiger partial charge in [-0.25, -0.2) is 0 Å². The molecule has 0 unspecified atom stereocenters. The molecular weight excluding hydrogens is 496 g/mol. The highest BCUT2D eigenvalue weighted by molar-refractivity contribution is 7.59. The third kappa shape index (κ3) is 8.20. The van der Waals surface area contributed by atoms with Crippen molar-refractivity contribution in [1.29, 1.82) is 0 Å². The van der Waals surface area contributed by atoms with Gasteiger partial charge in [0, 0.05) is 38.4 Å². The van der Waals surface area contributed by atoms with E-state index in [0.717, 1.165) is 55.3 Å². The molecule has 0 spiro atoms. The maximum absolute atomic E-state index is 11.1. The van der Waals surface area contributed by atoms with Gasteiger partial charge in [0.1, 0.15) is 18.1 Å². The van der Waals surface area contributed by atoms with Crippen molar-refractivity contribution < 1.29 is 19.4 Å². The van der Waals surface area contributed by atoms with Crippen LogP contribution in [0.4, 0.5) is 5.69 Å². The molecule has 0 radical (unpaired) electrons. The summed E-state index contributed by atoms with van der Waals surface area (Å²) in [6.07, 6.45) is -0.00819. The molecule has 1 N–H and O–H groups in total. The first-order valence-electron chi connectivity index (χ1n) is 12.6. The summed E-state index contributed by atoms with van der Waals surface area (Å²) < 4.78 is 11.2. The van der Waals surface area contributed by atoms with E-state index in [2.05, 4.69) is 58.0 Å². The minimum atomic E-state index is -0.854. The van der Waals surface area contributed by atoms with Crippen LogP contribution in [-0.2, 0) is 17.9 Å². The number of carbonyl (C=O) groups is 1. The number of nitrogens with zero attached hydrogens (tertiary/aromatic N) is 2. The smallest absolute Gasteiger partial charge is 0.304 e. The molecule has 1 fully saturated rings. The van der Waals surface area contributed by atoms with Crippen molar-refractivity contribution in [1.82, 2.24) is 4.90 Å². The first kappa shape index (κ1) is 29.0. The van der Waals surface area contributed by atoms with Crippen molar-refractivity contribution in [3.63, 3.8) is 0 Å². The van der Waals surface area contributed by atoms with E-state index in [1.54, 1.807) is 14.0 Å². The van der Waals surface area contributed by atoms with Gasteiger partial charge in [0.25, 0.3) is 0 Å². The Kier molecular flexibility index (Phi) is 11.0. The number of hydrogen-bond donors (Lipinski definition) is 1. The van der Waals surface area contributed by atoms with Gasteiger partial charge in [-0.3, -0.25) is 9.69 Å². The second-order valence-corrected chi connectivity index (χ2v) is 9.18. The minimum absolute atomic E-state index is 0. The van der Waals surface area contributed by atoms with E-state index in [1.807, 2.05) is 36.4 Å². The molecule has 1 heterocycles. The van der Waals surface area contributed by atoms with Gasteiger partial charge in [-0.1, -0.05) is 42.3 Å². The van der Waals surface area contributed by atoms with E-state index < -0.39 is 5.97 Å². The molecule has 0 bridgehead atoms. The van der Waals surface area contributed by atoms with E-state index in [1.165, 1.54) is 11.3 Å². The molecule has 38 heavy (non-hydrogen) atoms. The molecule has 1 aliphatic heterocycles. The van der Waals surface area contributed by atoms with E-state index >= 15 is 0 Å². The Hall–Kier alpha value is -3.60. The molecule has 6 nitrogen and oxygen atoms in total. The first-order chi connectivity index (χ1) is 18.0. The fraction of sp³-hybridized carbons (Fsp3) is 0.323. The molecule has 3 aromatic rings. The second-order valence-electron chi connectivity index (χ2n) is 9.18. The average Bonchev–Trinajstić information content (AvgIpc) is 2.93. The average molecular weight is 533 g/mol. The Labute approximate surface area is 232 Å². The highest BCUT2D eigenvalue weighted by Gasteiger charge is 2.17. The monoisotopic (exact) mass is 532 g/mol. The predicted octanol–water partition coefficient (Wildman–Crippen LogP) is 5.29. The third-order valence-corrected chi connectivity index (χ3v) is 6.62. The van der Waals surface area contributed by atoms with Crippen LogP contribution in [0.1, 0.15) is 36.0 Å². The van der Waals surface area contributed by atoms with Gasteiger partial charge in [0.2, 0.25) is 0 Å². The number of benzene rings is 3. The lowest BCUT2D eigenvalue weighted by molar-refractivity contribution is -0.137. The number of anilines is 1. The van der Waals surface area contributed by atoms with Gasteiger partial charge in [0.05, 0.1) is 19.4 Å². The summed E-state index contributed by atoms with van der Waals surface area (Å²) in [6, 6.07) is 24.4. The van der Waals surface area contributed by atoms with Gasteiger partial charge in [-0.2, -0.15) is 13.5 Å². The number of carboxylic acid groups (broad SMARTS) is 1. The third-order valence-electron chi connectivity index (χ3n) is 6.62. The molecule has 0 aromatic heterocycles. The number of hydrogen-bond acceptors (Lipinski definition) is 5. The number of ether oxygens (including phenoxy) is 2. The number of methoxy groups -OCH3 is 1. The Morgan fingerprint density at radius 1 is 0.895 bits per heavy atom. The fourth-order valence-corrected chi connectivity index (χ4v) is 4.52. The second kappa shape index (κ2) is 14.4. The highest BCUT2D eigenvalue weighted by atomic mass is 32.1. The number of rotatable bonds is 10. The van der Waals surface area contributed by atoms with Crippen LogP contribution in [0, 0.1) is 11.8 Å². The zero-order chi connectivity index (χ0) is 26.0. The quantitative estimate of drug-likeness (QED) is 0.358. The maximum atomic E-state index is 11.1. The van der Waals surface area contributed by atoms with Gasteiger partial charge in [-0.05, 0) is 60.0 Å². The molecule has 4 rings (SSSR count). The summed E-state index contributed by atoms with van der Waals surface area (Å²) in [6.45, 7) is 7.23. The lowest BCUT2D eigenvalue weighted by Crippen LogP contribution is -2.45.